The van der Waals surface area contributed by atoms with Crippen molar-refractivity contribution in [1.29, 1.82) is 0 Å². The molecule has 0 fully saturated rings. The molecule has 0 aliphatic heterocycles. The normalized spacial score (nSPS) is 12.5. The molecular formula is C24H33NO3. The first kappa shape index (κ1) is 21.8. The molecule has 28 heavy (non-hydrogen) atoms. The highest BCUT2D eigenvalue weighted by Crippen LogP contribution is 2.25. The van der Waals surface area contributed by atoms with Crippen LogP contribution in [0, 0.1) is 0 Å². The van der Waals surface area contributed by atoms with Crippen LogP contribution in [0.15, 0.2) is 48.5 Å². The van der Waals surface area contributed by atoms with Gasteiger partial charge in [-0.15, -0.1) is 0 Å². The Morgan fingerprint density at radius 1 is 0.929 bits per heavy atom. The van der Waals surface area contributed by atoms with E-state index < -0.39 is 6.10 Å². The van der Waals surface area contributed by atoms with E-state index in [1.165, 1.54) is 5.56 Å². The smallest absolute Gasteiger partial charge is 0.261 e. The highest BCUT2D eigenvalue weighted by Gasteiger charge is 2.19. The molecule has 2 rings (SSSR count). The summed E-state index contributed by atoms with van der Waals surface area (Å²) in [6.07, 6.45) is 0.239. The molecule has 1 amide bonds. The minimum Gasteiger partial charge on any atom is -0.491 e. The van der Waals surface area contributed by atoms with Crippen LogP contribution in [0.3, 0.4) is 0 Å². The van der Waals surface area contributed by atoms with Crippen molar-refractivity contribution in [2.24, 2.45) is 0 Å². The molecule has 0 unspecified atom stereocenters. The largest absolute Gasteiger partial charge is 0.491 e. The van der Waals surface area contributed by atoms with Crippen LogP contribution < -0.4 is 14.8 Å². The number of hydrogen-bond donors (Lipinski definition) is 1. The third-order valence-electron chi connectivity index (χ3n) is 4.42. The summed E-state index contributed by atoms with van der Waals surface area (Å²) < 4.78 is 11.6. The molecule has 2 aromatic rings. The van der Waals surface area contributed by atoms with Gasteiger partial charge in [0, 0.05) is 6.54 Å². The molecule has 4 nitrogen and oxygen atoms in total. The van der Waals surface area contributed by atoms with Gasteiger partial charge < -0.3 is 14.8 Å². The van der Waals surface area contributed by atoms with Gasteiger partial charge in [-0.2, -0.15) is 0 Å². The van der Waals surface area contributed by atoms with Gasteiger partial charge in [0.1, 0.15) is 11.5 Å². The first-order valence-corrected chi connectivity index (χ1v) is 9.99. The zero-order valence-corrected chi connectivity index (χ0v) is 17.9. The average molecular weight is 384 g/mol. The van der Waals surface area contributed by atoms with Crippen molar-refractivity contribution < 1.29 is 14.3 Å². The first-order chi connectivity index (χ1) is 13.2. The molecule has 0 radical (unpaired) electrons. The third kappa shape index (κ3) is 6.59. The summed E-state index contributed by atoms with van der Waals surface area (Å²) in [4.78, 5) is 12.5. The quantitative estimate of drug-likeness (QED) is 0.678. The average Bonchev–Trinajstić information content (AvgIpc) is 2.64. The van der Waals surface area contributed by atoms with Crippen molar-refractivity contribution in [2.75, 3.05) is 0 Å². The summed E-state index contributed by atoms with van der Waals surface area (Å²) in [5.41, 5.74) is 2.35. The van der Waals surface area contributed by atoms with Gasteiger partial charge >= 0.3 is 0 Å². The van der Waals surface area contributed by atoms with E-state index in [-0.39, 0.29) is 17.4 Å². The molecule has 0 saturated heterocycles. The number of rotatable bonds is 8. The van der Waals surface area contributed by atoms with E-state index in [2.05, 4.69) is 38.2 Å². The Kier molecular flexibility index (Phi) is 7.50. The van der Waals surface area contributed by atoms with Gasteiger partial charge in [0.15, 0.2) is 6.10 Å². The minimum atomic E-state index is -0.510. The molecule has 2 aromatic carbocycles. The monoisotopic (exact) mass is 383 g/mol. The maximum atomic E-state index is 12.5. The zero-order chi connectivity index (χ0) is 20.7. The van der Waals surface area contributed by atoms with E-state index in [1.807, 2.05) is 57.2 Å². The van der Waals surface area contributed by atoms with Crippen LogP contribution in [0.25, 0.3) is 0 Å². The fourth-order valence-electron chi connectivity index (χ4n) is 2.78. The summed E-state index contributed by atoms with van der Waals surface area (Å²) in [5, 5.41) is 2.96. The molecule has 1 atom stereocenters. The summed E-state index contributed by atoms with van der Waals surface area (Å²) in [5.74, 6) is 1.44. The molecule has 0 aliphatic carbocycles. The molecular weight excluding hydrogens is 350 g/mol. The van der Waals surface area contributed by atoms with Crippen LogP contribution in [0.1, 0.15) is 59.1 Å². The van der Waals surface area contributed by atoms with Gasteiger partial charge in [-0.3, -0.25) is 4.79 Å². The Balaban J connectivity index is 1.90. The molecule has 0 aliphatic rings. The number of carbonyl (C=O) groups excluding carboxylic acids is 1. The van der Waals surface area contributed by atoms with E-state index in [0.717, 1.165) is 11.3 Å². The summed E-state index contributed by atoms with van der Waals surface area (Å²) in [6.45, 7) is 12.9. The van der Waals surface area contributed by atoms with Gasteiger partial charge in [0.25, 0.3) is 5.91 Å². The molecule has 0 saturated carbocycles. The SMILES string of the molecule is CC[C@H](Oc1ccc(C(C)(C)C)cc1)C(=O)NCc1ccc(OC(C)C)cc1. The topological polar surface area (TPSA) is 47.6 Å². The van der Waals surface area contributed by atoms with Gasteiger partial charge in [-0.25, -0.2) is 0 Å². The maximum absolute atomic E-state index is 12.5. The number of nitrogens with one attached hydrogen (secondary N) is 1. The van der Waals surface area contributed by atoms with E-state index >= 15 is 0 Å². The molecule has 0 heterocycles. The van der Waals surface area contributed by atoms with Gasteiger partial charge in [0.2, 0.25) is 0 Å². The molecule has 152 valence electrons. The molecule has 4 heteroatoms. The fraction of sp³-hybridized carbons (Fsp3) is 0.458. The highest BCUT2D eigenvalue weighted by atomic mass is 16.5. The predicted octanol–water partition coefficient (Wildman–Crippen LogP) is 5.25. The molecule has 1 N–H and O–H groups in total. The molecule has 0 aromatic heterocycles. The maximum Gasteiger partial charge on any atom is 0.261 e. The summed E-state index contributed by atoms with van der Waals surface area (Å²) in [6, 6.07) is 15.8. The second kappa shape index (κ2) is 9.63. The number of hydrogen-bond acceptors (Lipinski definition) is 3. The van der Waals surface area contributed by atoms with E-state index in [9.17, 15) is 4.79 Å². The minimum absolute atomic E-state index is 0.0931. The third-order valence-corrected chi connectivity index (χ3v) is 4.42. The molecule has 0 bridgehead atoms. The van der Waals surface area contributed by atoms with E-state index in [4.69, 9.17) is 9.47 Å². The van der Waals surface area contributed by atoms with Crippen LogP contribution in [-0.4, -0.2) is 18.1 Å². The molecule has 0 spiro atoms. The Bertz CT molecular complexity index is 743. The van der Waals surface area contributed by atoms with Crippen molar-refractivity contribution in [3.05, 3.63) is 59.7 Å². The predicted molar refractivity (Wildman–Crippen MR) is 114 cm³/mol. The highest BCUT2D eigenvalue weighted by molar-refractivity contribution is 5.81. The number of carbonyl (C=O) groups is 1. The van der Waals surface area contributed by atoms with Crippen LogP contribution in [0.4, 0.5) is 0 Å². The summed E-state index contributed by atoms with van der Waals surface area (Å²) in [7, 11) is 0. The van der Waals surface area contributed by atoms with Crippen LogP contribution in [-0.2, 0) is 16.8 Å². The van der Waals surface area contributed by atoms with Crippen LogP contribution in [0.2, 0.25) is 0 Å². The second-order valence-electron chi connectivity index (χ2n) is 8.32. The number of benzene rings is 2. The van der Waals surface area contributed by atoms with Crippen molar-refractivity contribution in [2.45, 2.75) is 72.1 Å². The lowest BCUT2D eigenvalue weighted by atomic mass is 9.87. The second-order valence-corrected chi connectivity index (χ2v) is 8.32. The van der Waals surface area contributed by atoms with Crippen molar-refractivity contribution in [3.8, 4) is 11.5 Å². The van der Waals surface area contributed by atoms with Crippen molar-refractivity contribution >= 4 is 5.91 Å². The lowest BCUT2D eigenvalue weighted by Crippen LogP contribution is -2.37. The fourth-order valence-corrected chi connectivity index (χ4v) is 2.78. The van der Waals surface area contributed by atoms with Crippen LogP contribution in [0.5, 0.6) is 11.5 Å². The van der Waals surface area contributed by atoms with Crippen LogP contribution >= 0.6 is 0 Å². The Labute approximate surface area is 169 Å². The van der Waals surface area contributed by atoms with E-state index in [0.29, 0.717) is 18.7 Å². The Hall–Kier alpha value is -2.49. The summed E-state index contributed by atoms with van der Waals surface area (Å²) >= 11 is 0. The standard InChI is InChI=1S/C24H33NO3/c1-7-22(28-21-14-10-19(11-15-21)24(4,5)6)23(26)25-16-18-8-12-20(13-9-18)27-17(2)3/h8-15,17,22H,7,16H2,1-6H3,(H,25,26)/t22-/m0/s1. The Morgan fingerprint density at radius 3 is 1.96 bits per heavy atom. The number of ether oxygens (including phenoxy) is 2. The van der Waals surface area contributed by atoms with Gasteiger partial charge in [-0.1, -0.05) is 52.0 Å². The first-order valence-electron chi connectivity index (χ1n) is 9.99. The van der Waals surface area contributed by atoms with Gasteiger partial charge in [0.05, 0.1) is 6.10 Å². The Morgan fingerprint density at radius 2 is 1.46 bits per heavy atom. The lowest BCUT2D eigenvalue weighted by Gasteiger charge is -2.21. The number of amides is 1. The van der Waals surface area contributed by atoms with Gasteiger partial charge in [-0.05, 0) is 61.1 Å². The van der Waals surface area contributed by atoms with Crippen molar-refractivity contribution in [1.82, 2.24) is 5.32 Å². The van der Waals surface area contributed by atoms with Crippen molar-refractivity contribution in [3.63, 3.8) is 0 Å². The lowest BCUT2D eigenvalue weighted by molar-refractivity contribution is -0.128. The zero-order valence-electron chi connectivity index (χ0n) is 17.9. The van der Waals surface area contributed by atoms with E-state index in [1.54, 1.807) is 0 Å².